The summed E-state index contributed by atoms with van der Waals surface area (Å²) in [5.74, 6) is -1.24. The zero-order valence-corrected chi connectivity index (χ0v) is 11.4. The Kier molecular flexibility index (Phi) is 4.01. The van der Waals surface area contributed by atoms with E-state index < -0.39 is 11.7 Å². The number of nitrogens with zero attached hydrogens (tertiary/aromatic N) is 2. The molecule has 2 aromatic rings. The first-order valence-electron chi connectivity index (χ1n) is 5.75. The lowest BCUT2D eigenvalue weighted by Gasteiger charge is -2.10. The second-order valence-corrected chi connectivity index (χ2v) is 5.12. The van der Waals surface area contributed by atoms with Crippen molar-refractivity contribution in [3.05, 3.63) is 46.2 Å². The molecule has 19 heavy (non-hydrogen) atoms. The van der Waals surface area contributed by atoms with Crippen LogP contribution < -0.4 is 5.32 Å². The van der Waals surface area contributed by atoms with Gasteiger partial charge in [0, 0.05) is 23.3 Å². The lowest BCUT2D eigenvalue weighted by molar-refractivity contribution is -0.117. The van der Waals surface area contributed by atoms with E-state index in [2.05, 4.69) is 15.3 Å². The quantitative estimate of drug-likeness (QED) is 0.683. The van der Waals surface area contributed by atoms with E-state index in [9.17, 15) is 9.59 Å². The fraction of sp³-hybridized carbons (Fsp3) is 0.231. The lowest BCUT2D eigenvalue weighted by Crippen LogP contribution is -2.33. The number of Topliss-reactive ketones (excluding diaryl/α,β-unsaturated/α-hetero) is 1. The van der Waals surface area contributed by atoms with Gasteiger partial charge in [-0.05, 0) is 26.0 Å². The molecule has 0 aliphatic rings. The summed E-state index contributed by atoms with van der Waals surface area (Å²) >= 11 is 1.51. The number of carbonyl (C=O) groups excluding carboxylic acids is 2. The summed E-state index contributed by atoms with van der Waals surface area (Å²) in [4.78, 5) is 31.8. The number of ketones is 1. The minimum absolute atomic E-state index is 0.279. The Morgan fingerprint density at radius 2 is 2.21 bits per heavy atom. The molecular formula is C13H13N3O2S. The molecule has 1 atom stereocenters. The molecule has 6 heteroatoms. The van der Waals surface area contributed by atoms with E-state index in [0.29, 0.717) is 0 Å². The second-order valence-electron chi connectivity index (χ2n) is 4.06. The third kappa shape index (κ3) is 3.23. The topological polar surface area (TPSA) is 72.0 Å². The van der Waals surface area contributed by atoms with Crippen molar-refractivity contribution in [1.82, 2.24) is 15.3 Å². The Bertz CT molecular complexity index is 595. The molecule has 2 rings (SSSR count). The minimum Gasteiger partial charge on any atom is -0.341 e. The largest absolute Gasteiger partial charge is 0.341 e. The van der Waals surface area contributed by atoms with E-state index in [1.165, 1.54) is 17.5 Å². The number of pyridine rings is 1. The highest BCUT2D eigenvalue weighted by Crippen LogP contribution is 2.15. The van der Waals surface area contributed by atoms with Gasteiger partial charge in [0.15, 0.2) is 0 Å². The minimum atomic E-state index is -0.647. The Labute approximate surface area is 114 Å². The molecule has 0 aliphatic heterocycles. The van der Waals surface area contributed by atoms with Gasteiger partial charge in [-0.2, -0.15) is 0 Å². The zero-order valence-electron chi connectivity index (χ0n) is 10.6. The number of amides is 1. The van der Waals surface area contributed by atoms with Gasteiger partial charge in [0.05, 0.1) is 16.7 Å². The van der Waals surface area contributed by atoms with Crippen LogP contribution in [0.5, 0.6) is 0 Å². The van der Waals surface area contributed by atoms with Crippen LogP contribution in [-0.4, -0.2) is 21.7 Å². The van der Waals surface area contributed by atoms with E-state index in [1.807, 2.05) is 12.3 Å². The molecule has 1 unspecified atom stereocenters. The molecule has 0 saturated carbocycles. The number of hydrogen-bond acceptors (Lipinski definition) is 5. The maximum atomic E-state index is 11.8. The van der Waals surface area contributed by atoms with Crippen molar-refractivity contribution in [3.8, 4) is 0 Å². The van der Waals surface area contributed by atoms with E-state index >= 15 is 0 Å². The van der Waals surface area contributed by atoms with Gasteiger partial charge in [-0.25, -0.2) is 4.98 Å². The Balaban J connectivity index is 2.03. The van der Waals surface area contributed by atoms with Gasteiger partial charge in [0.1, 0.15) is 0 Å². The monoisotopic (exact) mass is 275 g/mol. The van der Waals surface area contributed by atoms with Crippen LogP contribution in [0.15, 0.2) is 29.9 Å². The van der Waals surface area contributed by atoms with E-state index in [-0.39, 0.29) is 11.6 Å². The SMILES string of the molecule is Cc1nc(C(C)NC(=O)C(=O)c2cccnc2)cs1. The van der Waals surface area contributed by atoms with Crippen LogP contribution in [0.1, 0.15) is 34.0 Å². The van der Waals surface area contributed by atoms with Gasteiger partial charge in [-0.15, -0.1) is 11.3 Å². The van der Waals surface area contributed by atoms with Crippen molar-refractivity contribution in [2.75, 3.05) is 0 Å². The summed E-state index contributed by atoms with van der Waals surface area (Å²) in [5, 5.41) is 5.43. The highest BCUT2D eigenvalue weighted by Gasteiger charge is 2.19. The predicted octanol–water partition coefficient (Wildman–Crippen LogP) is 1.91. The molecule has 2 aromatic heterocycles. The molecule has 5 nitrogen and oxygen atoms in total. The average molecular weight is 275 g/mol. The third-order valence-electron chi connectivity index (χ3n) is 2.56. The molecule has 98 valence electrons. The molecule has 1 N–H and O–H groups in total. The molecule has 0 saturated heterocycles. The van der Waals surface area contributed by atoms with Crippen molar-refractivity contribution in [2.45, 2.75) is 19.9 Å². The van der Waals surface area contributed by atoms with Gasteiger partial charge in [0.25, 0.3) is 11.7 Å². The molecule has 0 bridgehead atoms. The van der Waals surface area contributed by atoms with Crippen LogP contribution in [-0.2, 0) is 4.79 Å². The smallest absolute Gasteiger partial charge is 0.292 e. The van der Waals surface area contributed by atoms with Gasteiger partial charge in [0.2, 0.25) is 0 Å². The Morgan fingerprint density at radius 1 is 1.42 bits per heavy atom. The molecule has 2 heterocycles. The van der Waals surface area contributed by atoms with Gasteiger partial charge in [-0.3, -0.25) is 14.6 Å². The van der Waals surface area contributed by atoms with Crippen molar-refractivity contribution >= 4 is 23.0 Å². The summed E-state index contributed by atoms with van der Waals surface area (Å²) in [7, 11) is 0. The van der Waals surface area contributed by atoms with Crippen LogP contribution in [0.25, 0.3) is 0 Å². The van der Waals surface area contributed by atoms with Crippen molar-refractivity contribution < 1.29 is 9.59 Å². The molecule has 0 spiro atoms. The first-order valence-corrected chi connectivity index (χ1v) is 6.63. The van der Waals surface area contributed by atoms with Crippen molar-refractivity contribution in [2.24, 2.45) is 0 Å². The molecular weight excluding hydrogens is 262 g/mol. The summed E-state index contributed by atoms with van der Waals surface area (Å²) in [6.45, 7) is 3.69. The number of carbonyl (C=O) groups is 2. The van der Waals surface area contributed by atoms with Crippen LogP contribution >= 0.6 is 11.3 Å². The van der Waals surface area contributed by atoms with Crippen LogP contribution in [0.3, 0.4) is 0 Å². The molecule has 0 aromatic carbocycles. The first kappa shape index (κ1) is 13.4. The van der Waals surface area contributed by atoms with Crippen LogP contribution in [0.4, 0.5) is 0 Å². The lowest BCUT2D eigenvalue weighted by atomic mass is 10.1. The summed E-state index contributed by atoms with van der Waals surface area (Å²) in [6, 6.07) is 2.89. The molecule has 1 amide bonds. The number of aryl methyl sites for hydroxylation is 1. The Hall–Kier alpha value is -2.08. The van der Waals surface area contributed by atoms with E-state index in [0.717, 1.165) is 10.7 Å². The maximum Gasteiger partial charge on any atom is 0.292 e. The van der Waals surface area contributed by atoms with E-state index in [4.69, 9.17) is 0 Å². The van der Waals surface area contributed by atoms with Gasteiger partial charge in [-0.1, -0.05) is 0 Å². The fourth-order valence-corrected chi connectivity index (χ4v) is 2.25. The van der Waals surface area contributed by atoms with Crippen LogP contribution in [0.2, 0.25) is 0 Å². The molecule has 0 fully saturated rings. The number of aromatic nitrogens is 2. The predicted molar refractivity (Wildman–Crippen MR) is 72.0 cm³/mol. The van der Waals surface area contributed by atoms with Crippen LogP contribution in [0, 0.1) is 6.92 Å². The summed E-state index contributed by atoms with van der Waals surface area (Å²) in [6.07, 6.45) is 2.93. The van der Waals surface area contributed by atoms with E-state index in [1.54, 1.807) is 25.3 Å². The highest BCUT2D eigenvalue weighted by atomic mass is 32.1. The third-order valence-corrected chi connectivity index (χ3v) is 3.35. The van der Waals surface area contributed by atoms with Gasteiger partial charge < -0.3 is 5.32 Å². The number of thiazole rings is 1. The maximum absolute atomic E-state index is 11.8. The highest BCUT2D eigenvalue weighted by molar-refractivity contribution is 7.09. The van der Waals surface area contributed by atoms with Gasteiger partial charge >= 0.3 is 0 Å². The molecule has 0 radical (unpaired) electrons. The molecule has 0 aliphatic carbocycles. The summed E-state index contributed by atoms with van der Waals surface area (Å²) < 4.78 is 0. The second kappa shape index (κ2) is 5.71. The normalized spacial score (nSPS) is 11.9. The first-order chi connectivity index (χ1) is 9.08. The number of nitrogens with one attached hydrogen (secondary N) is 1. The summed E-state index contributed by atoms with van der Waals surface area (Å²) in [5.41, 5.74) is 1.04. The average Bonchev–Trinajstić information content (AvgIpc) is 2.85. The zero-order chi connectivity index (χ0) is 13.8. The number of rotatable bonds is 4. The number of hydrogen-bond donors (Lipinski definition) is 1. The standard InChI is InChI=1S/C13H13N3O2S/c1-8(11-7-19-9(2)16-11)15-13(18)12(17)10-4-3-5-14-6-10/h3-8H,1-2H3,(H,15,18). The van der Waals surface area contributed by atoms with Crippen molar-refractivity contribution in [1.29, 1.82) is 0 Å². The fourth-order valence-electron chi connectivity index (χ4n) is 1.54. The van der Waals surface area contributed by atoms with Crippen molar-refractivity contribution in [3.63, 3.8) is 0 Å². The Morgan fingerprint density at radius 3 is 2.79 bits per heavy atom.